The summed E-state index contributed by atoms with van der Waals surface area (Å²) < 4.78 is 30.8. The smallest absolute Gasteiger partial charge is 0.232 e. The Balaban J connectivity index is 1.78. The van der Waals surface area contributed by atoms with E-state index in [1.165, 1.54) is 10.6 Å². The van der Waals surface area contributed by atoms with Crippen molar-refractivity contribution in [3.63, 3.8) is 0 Å². The third-order valence-corrected chi connectivity index (χ3v) is 5.82. The molecule has 26 heavy (non-hydrogen) atoms. The topological polar surface area (TPSA) is 63.7 Å². The van der Waals surface area contributed by atoms with Crippen LogP contribution in [0.5, 0.6) is 5.75 Å². The van der Waals surface area contributed by atoms with E-state index >= 15 is 0 Å². The summed E-state index contributed by atoms with van der Waals surface area (Å²) in [5, 5.41) is 0.456. The summed E-state index contributed by atoms with van der Waals surface area (Å²) >= 11 is 6.08. The van der Waals surface area contributed by atoms with E-state index in [-0.39, 0.29) is 12.4 Å². The molecule has 0 aliphatic carbocycles. The normalized spacial score (nSPS) is 14.0. The molecule has 1 aliphatic rings. The zero-order valence-electron chi connectivity index (χ0n) is 14.7. The lowest BCUT2D eigenvalue weighted by Crippen LogP contribution is -2.34. The third-order valence-electron chi connectivity index (χ3n) is 4.32. The summed E-state index contributed by atoms with van der Waals surface area (Å²) in [6.45, 7) is 2.26. The van der Waals surface area contributed by atoms with Crippen LogP contribution in [0.1, 0.15) is 27.9 Å². The largest absolute Gasteiger partial charge is 0.484 e. The lowest BCUT2D eigenvalue weighted by molar-refractivity contribution is 0.0921. The first-order valence-electron chi connectivity index (χ1n) is 8.28. The Labute approximate surface area is 158 Å². The van der Waals surface area contributed by atoms with Crippen molar-refractivity contribution < 1.29 is 17.9 Å². The highest BCUT2D eigenvalue weighted by Crippen LogP contribution is 2.30. The van der Waals surface area contributed by atoms with Crippen LogP contribution in [0.2, 0.25) is 5.02 Å². The molecule has 0 radical (unpaired) electrons. The molecule has 0 bridgehead atoms. The molecule has 3 rings (SSSR count). The third kappa shape index (κ3) is 4.02. The van der Waals surface area contributed by atoms with Crippen LogP contribution >= 0.6 is 11.6 Å². The van der Waals surface area contributed by atoms with Crippen molar-refractivity contribution in [3.05, 3.63) is 58.1 Å². The van der Waals surface area contributed by atoms with Gasteiger partial charge in [0.2, 0.25) is 10.0 Å². The van der Waals surface area contributed by atoms with Gasteiger partial charge in [-0.3, -0.25) is 9.10 Å². The number of sulfonamides is 1. The van der Waals surface area contributed by atoms with E-state index in [1.807, 2.05) is 13.0 Å². The van der Waals surface area contributed by atoms with Gasteiger partial charge in [-0.1, -0.05) is 17.7 Å². The number of hydrogen-bond donors (Lipinski definition) is 0. The van der Waals surface area contributed by atoms with Crippen molar-refractivity contribution in [3.8, 4) is 5.75 Å². The Morgan fingerprint density at radius 3 is 2.73 bits per heavy atom. The molecule has 2 aromatic carbocycles. The minimum absolute atomic E-state index is 0.127. The van der Waals surface area contributed by atoms with Crippen molar-refractivity contribution in [1.29, 1.82) is 0 Å². The van der Waals surface area contributed by atoms with E-state index in [0.717, 1.165) is 24.0 Å². The van der Waals surface area contributed by atoms with E-state index in [4.69, 9.17) is 16.3 Å². The van der Waals surface area contributed by atoms with Crippen molar-refractivity contribution in [2.45, 2.75) is 19.8 Å². The molecule has 0 amide bonds. The molecular formula is C19H20ClNO4S. The van der Waals surface area contributed by atoms with Gasteiger partial charge in [0.1, 0.15) is 5.75 Å². The van der Waals surface area contributed by atoms with E-state index < -0.39 is 10.0 Å². The number of carbonyl (C=O) groups is 1. The molecule has 5 nitrogen and oxygen atoms in total. The van der Waals surface area contributed by atoms with Crippen molar-refractivity contribution in [2.24, 2.45) is 0 Å². The minimum Gasteiger partial charge on any atom is -0.484 e. The first-order chi connectivity index (χ1) is 12.3. The van der Waals surface area contributed by atoms with E-state index in [1.54, 1.807) is 30.3 Å². The fourth-order valence-electron chi connectivity index (χ4n) is 3.03. The molecule has 2 aromatic rings. The molecule has 7 heteroatoms. The quantitative estimate of drug-likeness (QED) is 0.728. The number of hydrogen-bond acceptors (Lipinski definition) is 4. The molecule has 0 spiro atoms. The number of ketones is 1. The maximum Gasteiger partial charge on any atom is 0.232 e. The second kappa shape index (κ2) is 7.29. The lowest BCUT2D eigenvalue weighted by atomic mass is 9.99. The first-order valence-corrected chi connectivity index (χ1v) is 10.5. The molecule has 0 aromatic heterocycles. The minimum atomic E-state index is -3.32. The standard InChI is InChI=1S/C19H20ClNO4S/c1-13-5-7-16(20)19(10-13)25-12-18(22)15-6-8-17-14(11-15)4-3-9-21(17)26(2,23)24/h5-8,10-11H,3-4,9,12H2,1-2H3. The maximum atomic E-state index is 12.5. The van der Waals surface area contributed by atoms with Crippen molar-refractivity contribution >= 4 is 33.1 Å². The predicted octanol–water partition coefficient (Wildman–Crippen LogP) is 3.62. The highest BCUT2D eigenvalue weighted by Gasteiger charge is 2.24. The van der Waals surface area contributed by atoms with Crippen molar-refractivity contribution in [1.82, 2.24) is 0 Å². The van der Waals surface area contributed by atoms with Crippen LogP contribution in [0, 0.1) is 6.92 Å². The van der Waals surface area contributed by atoms with E-state index in [2.05, 4.69) is 0 Å². The van der Waals surface area contributed by atoms with Crippen LogP contribution in [0.3, 0.4) is 0 Å². The molecule has 0 fully saturated rings. The van der Waals surface area contributed by atoms with Crippen molar-refractivity contribution in [2.75, 3.05) is 23.7 Å². The van der Waals surface area contributed by atoms with Gasteiger partial charge in [0.25, 0.3) is 0 Å². The summed E-state index contributed by atoms with van der Waals surface area (Å²) in [5.41, 5.74) is 3.01. The molecule has 1 aliphatic heterocycles. The number of Topliss-reactive ketones (excluding diaryl/α,β-unsaturated/α-hetero) is 1. The predicted molar refractivity (Wildman–Crippen MR) is 103 cm³/mol. The number of halogens is 1. The summed E-state index contributed by atoms with van der Waals surface area (Å²) in [7, 11) is -3.32. The van der Waals surface area contributed by atoms with Crippen LogP contribution in [-0.2, 0) is 16.4 Å². The zero-order chi connectivity index (χ0) is 18.9. The van der Waals surface area contributed by atoms with Gasteiger partial charge in [-0.25, -0.2) is 8.42 Å². The van der Waals surface area contributed by atoms with Crippen LogP contribution in [0.15, 0.2) is 36.4 Å². The number of fused-ring (bicyclic) bond motifs is 1. The Morgan fingerprint density at radius 1 is 1.23 bits per heavy atom. The van der Waals surface area contributed by atoms with Gasteiger partial charge in [0.05, 0.1) is 17.0 Å². The van der Waals surface area contributed by atoms with Gasteiger partial charge in [0, 0.05) is 12.1 Å². The average Bonchev–Trinajstić information content (AvgIpc) is 2.60. The maximum absolute atomic E-state index is 12.5. The number of nitrogens with zero attached hydrogens (tertiary/aromatic N) is 1. The number of benzene rings is 2. The monoisotopic (exact) mass is 393 g/mol. The summed E-state index contributed by atoms with van der Waals surface area (Å²) in [6.07, 6.45) is 2.67. The van der Waals surface area contributed by atoms with Crippen LogP contribution in [0.4, 0.5) is 5.69 Å². The fourth-order valence-corrected chi connectivity index (χ4v) is 4.20. The molecule has 0 atom stereocenters. The molecular weight excluding hydrogens is 374 g/mol. The second-order valence-electron chi connectivity index (χ2n) is 6.43. The molecule has 0 saturated carbocycles. The average molecular weight is 394 g/mol. The number of carbonyl (C=O) groups excluding carboxylic acids is 1. The number of anilines is 1. The number of ether oxygens (including phenoxy) is 1. The van der Waals surface area contributed by atoms with Gasteiger partial charge in [-0.15, -0.1) is 0 Å². The molecule has 0 unspecified atom stereocenters. The molecule has 0 saturated heterocycles. The zero-order valence-corrected chi connectivity index (χ0v) is 16.2. The van der Waals surface area contributed by atoms with Gasteiger partial charge in [-0.05, 0) is 61.2 Å². The molecule has 1 heterocycles. The Morgan fingerprint density at radius 2 is 2.00 bits per heavy atom. The Bertz CT molecular complexity index is 956. The summed E-state index contributed by atoms with van der Waals surface area (Å²) in [4.78, 5) is 12.5. The highest BCUT2D eigenvalue weighted by atomic mass is 35.5. The Hall–Kier alpha value is -2.05. The highest BCUT2D eigenvalue weighted by molar-refractivity contribution is 7.92. The van der Waals surface area contributed by atoms with E-state index in [0.29, 0.717) is 28.6 Å². The lowest BCUT2D eigenvalue weighted by Gasteiger charge is -2.29. The van der Waals surface area contributed by atoms with Crippen LogP contribution < -0.4 is 9.04 Å². The number of rotatable bonds is 5. The second-order valence-corrected chi connectivity index (χ2v) is 8.74. The Kier molecular flexibility index (Phi) is 5.25. The summed E-state index contributed by atoms with van der Waals surface area (Å²) in [5.74, 6) is 0.295. The van der Waals surface area contributed by atoms with Gasteiger partial charge < -0.3 is 4.74 Å². The van der Waals surface area contributed by atoms with Crippen LogP contribution in [0.25, 0.3) is 0 Å². The first kappa shape index (κ1) is 18.7. The molecule has 138 valence electrons. The number of aryl methyl sites for hydroxylation is 2. The van der Waals surface area contributed by atoms with Crippen LogP contribution in [-0.4, -0.2) is 33.6 Å². The molecule has 0 N–H and O–H groups in total. The van der Waals surface area contributed by atoms with Gasteiger partial charge in [0.15, 0.2) is 12.4 Å². The van der Waals surface area contributed by atoms with Gasteiger partial charge in [-0.2, -0.15) is 0 Å². The summed E-state index contributed by atoms with van der Waals surface area (Å²) in [6, 6.07) is 10.5. The van der Waals surface area contributed by atoms with Gasteiger partial charge >= 0.3 is 0 Å². The fraction of sp³-hybridized carbons (Fsp3) is 0.316. The van der Waals surface area contributed by atoms with E-state index in [9.17, 15) is 13.2 Å². The SMILES string of the molecule is Cc1ccc(Cl)c(OCC(=O)c2ccc3c(c2)CCCN3S(C)(=O)=O)c1.